The van der Waals surface area contributed by atoms with Crippen molar-refractivity contribution in [3.05, 3.63) is 65.4 Å². The molecule has 2 aromatic carbocycles. The van der Waals surface area contributed by atoms with E-state index in [0.717, 1.165) is 48.2 Å². The van der Waals surface area contributed by atoms with Crippen LogP contribution in [0.25, 0.3) is 10.9 Å². The SMILES string of the molecule is Cc1cccc(Nc2cc(C(=O)N3CCCC3)nc3ccc(C)cc23)c1. The minimum Gasteiger partial charge on any atom is -0.355 e. The van der Waals surface area contributed by atoms with Gasteiger partial charge < -0.3 is 10.2 Å². The Morgan fingerprint density at radius 3 is 2.54 bits per heavy atom. The van der Waals surface area contributed by atoms with Crippen LogP contribution in [0.5, 0.6) is 0 Å². The number of carbonyl (C=O) groups excluding carboxylic acids is 1. The second-order valence-electron chi connectivity index (χ2n) is 7.07. The molecule has 26 heavy (non-hydrogen) atoms. The third-order valence-electron chi connectivity index (χ3n) is 4.87. The lowest BCUT2D eigenvalue weighted by Gasteiger charge is -2.17. The largest absolute Gasteiger partial charge is 0.355 e. The molecule has 1 N–H and O–H groups in total. The van der Waals surface area contributed by atoms with E-state index in [9.17, 15) is 4.79 Å². The molecule has 2 heterocycles. The number of aromatic nitrogens is 1. The maximum Gasteiger partial charge on any atom is 0.272 e. The Kier molecular flexibility index (Phi) is 4.33. The number of fused-ring (bicyclic) bond motifs is 1. The van der Waals surface area contributed by atoms with Gasteiger partial charge in [0.25, 0.3) is 5.91 Å². The summed E-state index contributed by atoms with van der Waals surface area (Å²) in [5, 5.41) is 4.52. The van der Waals surface area contributed by atoms with Gasteiger partial charge in [0.05, 0.1) is 11.2 Å². The third-order valence-corrected chi connectivity index (χ3v) is 4.87. The minimum absolute atomic E-state index is 0.0252. The van der Waals surface area contributed by atoms with Crippen LogP contribution in [-0.2, 0) is 0 Å². The summed E-state index contributed by atoms with van der Waals surface area (Å²) in [6.45, 7) is 5.79. The fraction of sp³-hybridized carbons (Fsp3) is 0.273. The molecule has 0 saturated carbocycles. The Labute approximate surface area is 153 Å². The Balaban J connectivity index is 1.80. The van der Waals surface area contributed by atoms with Crippen LogP contribution in [0.15, 0.2) is 48.5 Å². The van der Waals surface area contributed by atoms with Crippen molar-refractivity contribution in [2.45, 2.75) is 26.7 Å². The molecule has 1 saturated heterocycles. The van der Waals surface area contributed by atoms with Crippen molar-refractivity contribution in [1.29, 1.82) is 0 Å². The van der Waals surface area contributed by atoms with Crippen molar-refractivity contribution >= 4 is 28.2 Å². The van der Waals surface area contributed by atoms with Crippen molar-refractivity contribution in [2.75, 3.05) is 18.4 Å². The number of nitrogens with zero attached hydrogens (tertiary/aromatic N) is 2. The van der Waals surface area contributed by atoms with Gasteiger partial charge in [-0.1, -0.05) is 23.8 Å². The molecule has 4 nitrogen and oxygen atoms in total. The summed E-state index contributed by atoms with van der Waals surface area (Å²) in [5.74, 6) is 0.0252. The van der Waals surface area contributed by atoms with Crippen LogP contribution >= 0.6 is 0 Å². The number of hydrogen-bond acceptors (Lipinski definition) is 3. The highest BCUT2D eigenvalue weighted by Crippen LogP contribution is 2.28. The molecule has 1 aliphatic rings. The maximum atomic E-state index is 12.9. The summed E-state index contributed by atoms with van der Waals surface area (Å²) in [7, 11) is 0. The second kappa shape index (κ2) is 6.79. The van der Waals surface area contributed by atoms with Gasteiger partial charge in [0.15, 0.2) is 0 Å². The van der Waals surface area contributed by atoms with Crippen molar-refractivity contribution in [2.24, 2.45) is 0 Å². The highest BCUT2D eigenvalue weighted by molar-refractivity contribution is 6.00. The molecule has 0 unspecified atom stereocenters. The lowest BCUT2D eigenvalue weighted by molar-refractivity contribution is 0.0787. The van der Waals surface area contributed by atoms with Crippen LogP contribution in [-0.4, -0.2) is 28.9 Å². The summed E-state index contributed by atoms with van der Waals surface area (Å²) < 4.78 is 0. The van der Waals surface area contributed by atoms with E-state index in [0.29, 0.717) is 5.69 Å². The summed E-state index contributed by atoms with van der Waals surface area (Å²) >= 11 is 0. The molecule has 4 heteroatoms. The number of anilines is 2. The van der Waals surface area contributed by atoms with E-state index in [2.05, 4.69) is 42.3 Å². The van der Waals surface area contributed by atoms with Gasteiger partial charge in [-0.25, -0.2) is 4.98 Å². The van der Waals surface area contributed by atoms with Gasteiger partial charge in [-0.3, -0.25) is 4.79 Å². The number of hydrogen-bond donors (Lipinski definition) is 1. The van der Waals surface area contributed by atoms with Crippen LogP contribution in [0.3, 0.4) is 0 Å². The molecule has 3 aromatic rings. The van der Waals surface area contributed by atoms with Gasteiger partial charge in [-0.2, -0.15) is 0 Å². The molecule has 1 amide bonds. The van der Waals surface area contributed by atoms with E-state index in [-0.39, 0.29) is 5.91 Å². The first-order valence-electron chi connectivity index (χ1n) is 9.14. The number of benzene rings is 2. The van der Waals surface area contributed by atoms with Crippen molar-refractivity contribution in [1.82, 2.24) is 9.88 Å². The molecular weight excluding hydrogens is 322 g/mol. The first-order chi connectivity index (χ1) is 12.6. The second-order valence-corrected chi connectivity index (χ2v) is 7.07. The molecule has 0 bridgehead atoms. The van der Waals surface area contributed by atoms with E-state index in [1.54, 1.807) is 0 Å². The van der Waals surface area contributed by atoms with Crippen LogP contribution in [0.4, 0.5) is 11.4 Å². The number of rotatable bonds is 3. The number of aryl methyl sites for hydroxylation is 2. The molecule has 0 spiro atoms. The van der Waals surface area contributed by atoms with Gasteiger partial charge in [0.2, 0.25) is 0 Å². The van der Waals surface area contributed by atoms with Crippen molar-refractivity contribution < 1.29 is 4.79 Å². The molecule has 1 aliphatic heterocycles. The number of carbonyl (C=O) groups is 1. The zero-order valence-electron chi connectivity index (χ0n) is 15.2. The zero-order chi connectivity index (χ0) is 18.1. The fourth-order valence-electron chi connectivity index (χ4n) is 3.51. The van der Waals surface area contributed by atoms with Crippen LogP contribution in [0.1, 0.15) is 34.5 Å². The third kappa shape index (κ3) is 3.27. The van der Waals surface area contributed by atoms with Crippen molar-refractivity contribution in [3.63, 3.8) is 0 Å². The average Bonchev–Trinajstić information content (AvgIpc) is 3.16. The molecule has 4 rings (SSSR count). The Hall–Kier alpha value is -2.88. The lowest BCUT2D eigenvalue weighted by atomic mass is 10.1. The van der Waals surface area contributed by atoms with E-state index in [1.807, 2.05) is 35.2 Å². The van der Waals surface area contributed by atoms with E-state index < -0.39 is 0 Å². The average molecular weight is 345 g/mol. The first-order valence-corrected chi connectivity index (χ1v) is 9.14. The number of likely N-dealkylation sites (tertiary alicyclic amines) is 1. The quantitative estimate of drug-likeness (QED) is 0.739. The van der Waals surface area contributed by atoms with Gasteiger partial charge in [0, 0.05) is 24.2 Å². The fourth-order valence-corrected chi connectivity index (χ4v) is 3.51. The molecule has 1 aromatic heterocycles. The normalized spacial score (nSPS) is 14.0. The standard InChI is InChI=1S/C22H23N3O/c1-15-6-5-7-17(12-15)23-20-14-21(22(26)25-10-3-4-11-25)24-19-9-8-16(2)13-18(19)20/h5-9,12-14H,3-4,10-11H2,1-2H3,(H,23,24). The van der Waals surface area contributed by atoms with Gasteiger partial charge >= 0.3 is 0 Å². The lowest BCUT2D eigenvalue weighted by Crippen LogP contribution is -2.28. The monoisotopic (exact) mass is 345 g/mol. The molecule has 0 atom stereocenters. The molecular formula is C22H23N3O. The minimum atomic E-state index is 0.0252. The summed E-state index contributed by atoms with van der Waals surface area (Å²) in [6.07, 6.45) is 2.15. The van der Waals surface area contributed by atoms with Crippen LogP contribution < -0.4 is 5.32 Å². The Bertz CT molecular complexity index is 974. The Morgan fingerprint density at radius 2 is 1.77 bits per heavy atom. The Morgan fingerprint density at radius 1 is 1.00 bits per heavy atom. The molecule has 1 fully saturated rings. The maximum absolute atomic E-state index is 12.9. The molecule has 0 aliphatic carbocycles. The topological polar surface area (TPSA) is 45.2 Å². The van der Waals surface area contributed by atoms with E-state index in [1.165, 1.54) is 11.1 Å². The first kappa shape index (κ1) is 16.6. The summed E-state index contributed by atoms with van der Waals surface area (Å²) in [5.41, 5.74) is 5.66. The molecule has 0 radical (unpaired) electrons. The van der Waals surface area contributed by atoms with Gasteiger partial charge in [-0.05, 0) is 62.6 Å². The zero-order valence-corrected chi connectivity index (χ0v) is 15.2. The van der Waals surface area contributed by atoms with Crippen molar-refractivity contribution in [3.8, 4) is 0 Å². The number of nitrogens with one attached hydrogen (secondary N) is 1. The number of amides is 1. The smallest absolute Gasteiger partial charge is 0.272 e. The summed E-state index contributed by atoms with van der Waals surface area (Å²) in [4.78, 5) is 19.4. The van der Waals surface area contributed by atoms with Gasteiger partial charge in [0.1, 0.15) is 5.69 Å². The highest BCUT2D eigenvalue weighted by Gasteiger charge is 2.22. The van der Waals surface area contributed by atoms with Gasteiger partial charge in [-0.15, -0.1) is 0 Å². The van der Waals surface area contributed by atoms with Crippen LogP contribution in [0.2, 0.25) is 0 Å². The van der Waals surface area contributed by atoms with E-state index >= 15 is 0 Å². The predicted molar refractivity (Wildman–Crippen MR) is 106 cm³/mol. The van der Waals surface area contributed by atoms with E-state index in [4.69, 9.17) is 0 Å². The van der Waals surface area contributed by atoms with Crippen LogP contribution in [0, 0.1) is 13.8 Å². The highest BCUT2D eigenvalue weighted by atomic mass is 16.2. The predicted octanol–water partition coefficient (Wildman–Crippen LogP) is 4.83. The molecule has 132 valence electrons. The summed E-state index contributed by atoms with van der Waals surface area (Å²) in [6, 6.07) is 16.3. The number of pyridine rings is 1.